The number of ether oxygens (including phenoxy) is 3. The molecule has 0 saturated carbocycles. The average molecular weight is 536 g/mol. The third-order valence-electron chi connectivity index (χ3n) is 7.54. The van der Waals surface area contributed by atoms with Crippen LogP contribution < -0.4 is 0 Å². The summed E-state index contributed by atoms with van der Waals surface area (Å²) in [6.07, 6.45) is -0.657. The van der Waals surface area contributed by atoms with E-state index in [9.17, 15) is 14.4 Å². The van der Waals surface area contributed by atoms with E-state index in [1.54, 1.807) is 13.8 Å². The number of nitrogens with zero attached hydrogens (tertiary/aromatic N) is 1. The monoisotopic (exact) mass is 535 g/mol. The van der Waals surface area contributed by atoms with E-state index < -0.39 is 43.9 Å². The second-order valence-electron chi connectivity index (χ2n) is 11.6. The van der Waals surface area contributed by atoms with E-state index >= 15 is 0 Å². The minimum Gasteiger partial charge on any atom is -0.466 e. The highest BCUT2D eigenvalue weighted by Crippen LogP contribution is 2.46. The molecule has 0 bridgehead atoms. The van der Waals surface area contributed by atoms with Crippen LogP contribution in [-0.4, -0.2) is 62.7 Å². The Bertz CT molecular complexity index is 926. The molecule has 1 aliphatic heterocycles. The van der Waals surface area contributed by atoms with Gasteiger partial charge in [0.1, 0.15) is 12.6 Å². The number of hydrogen-bond acceptors (Lipinski definition) is 7. The van der Waals surface area contributed by atoms with Gasteiger partial charge in [-0.15, -0.1) is 0 Å². The second kappa shape index (κ2) is 12.4. The smallest absolute Gasteiger partial charge is 0.410 e. The summed E-state index contributed by atoms with van der Waals surface area (Å²) in [5, 5.41) is -0.0473. The highest BCUT2D eigenvalue weighted by molar-refractivity contribution is 6.74. The summed E-state index contributed by atoms with van der Waals surface area (Å²) in [4.78, 5) is 40.7. The first-order valence-electron chi connectivity index (χ1n) is 13.1. The van der Waals surface area contributed by atoms with Crippen molar-refractivity contribution in [1.29, 1.82) is 0 Å². The number of carbonyl (C=O) groups is 3. The second-order valence-corrected chi connectivity index (χ2v) is 16.4. The van der Waals surface area contributed by atoms with Crippen molar-refractivity contribution in [2.75, 3.05) is 19.8 Å². The fourth-order valence-electron chi connectivity index (χ4n) is 4.72. The summed E-state index contributed by atoms with van der Waals surface area (Å²) in [7, 11) is -2.23. The molecule has 1 aliphatic rings. The lowest BCUT2D eigenvalue weighted by Crippen LogP contribution is -2.52. The van der Waals surface area contributed by atoms with E-state index in [-0.39, 0.29) is 43.7 Å². The first kappa shape index (κ1) is 30.8. The molecular weight excluding hydrogens is 490 g/mol. The minimum absolute atomic E-state index is 0.0330. The Morgan fingerprint density at radius 1 is 0.946 bits per heavy atom. The summed E-state index contributed by atoms with van der Waals surface area (Å²) in [6.45, 7) is 18.9. The number of esters is 2. The first-order valence-corrected chi connectivity index (χ1v) is 16.0. The molecule has 0 radical (unpaired) electrons. The van der Waals surface area contributed by atoms with Crippen molar-refractivity contribution in [3.63, 3.8) is 0 Å². The maximum Gasteiger partial charge on any atom is 0.410 e. The van der Waals surface area contributed by atoms with E-state index in [4.69, 9.17) is 18.6 Å². The molecule has 9 heteroatoms. The van der Waals surface area contributed by atoms with Gasteiger partial charge in [0.15, 0.2) is 8.32 Å². The Morgan fingerprint density at radius 2 is 1.54 bits per heavy atom. The van der Waals surface area contributed by atoms with Gasteiger partial charge in [0.05, 0.1) is 25.2 Å². The molecule has 0 spiro atoms. The van der Waals surface area contributed by atoms with Crippen LogP contribution in [0.1, 0.15) is 60.5 Å². The molecule has 2 rings (SSSR count). The lowest BCUT2D eigenvalue weighted by atomic mass is 9.78. The van der Waals surface area contributed by atoms with Gasteiger partial charge in [-0.1, -0.05) is 51.1 Å². The number of benzene rings is 1. The van der Waals surface area contributed by atoms with Crippen LogP contribution in [0.3, 0.4) is 0 Å². The van der Waals surface area contributed by atoms with Crippen LogP contribution in [0.2, 0.25) is 18.1 Å². The van der Waals surface area contributed by atoms with Crippen LogP contribution in [0, 0.1) is 11.8 Å². The number of amides is 1. The highest BCUT2D eigenvalue weighted by atomic mass is 28.4. The normalized spacial score (nSPS) is 20.5. The van der Waals surface area contributed by atoms with Crippen LogP contribution in [0.15, 0.2) is 30.3 Å². The summed E-state index contributed by atoms with van der Waals surface area (Å²) in [5.74, 6) is -1.86. The van der Waals surface area contributed by atoms with Gasteiger partial charge < -0.3 is 18.6 Å². The van der Waals surface area contributed by atoms with Crippen molar-refractivity contribution < 1.29 is 33.0 Å². The molecule has 3 atom stereocenters. The zero-order valence-corrected chi connectivity index (χ0v) is 25.0. The molecule has 0 aliphatic carbocycles. The SMILES string of the molecule is CCOC(=O)C[C@@H]1[C@H](C(=O)OCC)N(C(=O)OCc2ccccc2)C[C@@H]1C(C)(C)O[Si](C)(C)C(C)(C)C. The largest absolute Gasteiger partial charge is 0.466 e. The number of rotatable bonds is 10. The zero-order chi connectivity index (χ0) is 28.0. The lowest BCUT2D eigenvalue weighted by molar-refractivity contribution is -0.151. The highest BCUT2D eigenvalue weighted by Gasteiger charge is 2.56. The molecule has 0 N–H and O–H groups in total. The average Bonchev–Trinajstić information content (AvgIpc) is 3.17. The predicted octanol–water partition coefficient (Wildman–Crippen LogP) is 5.56. The summed E-state index contributed by atoms with van der Waals surface area (Å²) < 4.78 is 23.1. The third-order valence-corrected chi connectivity index (χ3v) is 12.2. The van der Waals surface area contributed by atoms with Crippen molar-refractivity contribution in [3.05, 3.63) is 35.9 Å². The van der Waals surface area contributed by atoms with Gasteiger partial charge in [-0.2, -0.15) is 0 Å². The van der Waals surface area contributed by atoms with E-state index in [0.717, 1.165) is 5.56 Å². The van der Waals surface area contributed by atoms with E-state index in [0.29, 0.717) is 0 Å². The number of carbonyl (C=O) groups excluding carboxylic acids is 3. The van der Waals surface area contributed by atoms with Gasteiger partial charge in [0.2, 0.25) is 0 Å². The van der Waals surface area contributed by atoms with Gasteiger partial charge in [-0.05, 0) is 51.4 Å². The Kier molecular flexibility index (Phi) is 10.4. The van der Waals surface area contributed by atoms with Gasteiger partial charge in [-0.3, -0.25) is 9.69 Å². The Hall–Kier alpha value is -2.39. The van der Waals surface area contributed by atoms with Gasteiger partial charge in [0, 0.05) is 18.4 Å². The molecule has 1 amide bonds. The topological polar surface area (TPSA) is 91.4 Å². The van der Waals surface area contributed by atoms with Crippen molar-refractivity contribution in [2.45, 2.75) is 91.3 Å². The van der Waals surface area contributed by atoms with Crippen molar-refractivity contribution in [2.24, 2.45) is 11.8 Å². The lowest BCUT2D eigenvalue weighted by Gasteiger charge is -2.46. The Morgan fingerprint density at radius 3 is 2.08 bits per heavy atom. The Balaban J connectivity index is 2.44. The molecule has 1 saturated heterocycles. The van der Waals surface area contributed by atoms with Crippen molar-refractivity contribution in [3.8, 4) is 0 Å². The molecule has 0 aromatic heterocycles. The molecular formula is C28H45NO7Si. The van der Waals surface area contributed by atoms with Gasteiger partial charge in [-0.25, -0.2) is 9.59 Å². The fourth-order valence-corrected chi connectivity index (χ4v) is 6.49. The summed E-state index contributed by atoms with van der Waals surface area (Å²) in [6, 6.07) is 8.36. The summed E-state index contributed by atoms with van der Waals surface area (Å²) in [5.41, 5.74) is 0.100. The first-order chi connectivity index (χ1) is 17.1. The van der Waals surface area contributed by atoms with Crippen LogP contribution >= 0.6 is 0 Å². The van der Waals surface area contributed by atoms with E-state index in [1.807, 2.05) is 44.2 Å². The molecule has 1 fully saturated rings. The van der Waals surface area contributed by atoms with Crippen LogP contribution in [0.25, 0.3) is 0 Å². The predicted molar refractivity (Wildman–Crippen MR) is 144 cm³/mol. The van der Waals surface area contributed by atoms with Gasteiger partial charge in [0.25, 0.3) is 0 Å². The van der Waals surface area contributed by atoms with Crippen LogP contribution in [0.4, 0.5) is 4.79 Å². The fraction of sp³-hybridized carbons (Fsp3) is 0.679. The quantitative estimate of drug-likeness (QED) is 0.220. The third kappa shape index (κ3) is 7.80. The zero-order valence-electron chi connectivity index (χ0n) is 24.0. The molecule has 8 nitrogen and oxygen atoms in total. The molecule has 208 valence electrons. The summed E-state index contributed by atoms with van der Waals surface area (Å²) >= 11 is 0. The maximum absolute atomic E-state index is 13.4. The molecule has 1 heterocycles. The van der Waals surface area contributed by atoms with Crippen LogP contribution in [-0.2, 0) is 34.8 Å². The molecule has 37 heavy (non-hydrogen) atoms. The maximum atomic E-state index is 13.4. The van der Waals surface area contributed by atoms with E-state index in [1.165, 1.54) is 4.90 Å². The standard InChI is InChI=1S/C28H45NO7Si/c1-10-33-23(30)17-21-22(28(6,7)36-37(8,9)27(3,4)5)18-29(24(21)25(31)34-11-2)26(32)35-19-20-15-13-12-14-16-20/h12-16,21-22,24H,10-11,17-19H2,1-9H3/t21-,22-,24+/m0/s1. The van der Waals surface area contributed by atoms with Crippen LogP contribution in [0.5, 0.6) is 0 Å². The molecule has 0 unspecified atom stereocenters. The van der Waals surface area contributed by atoms with E-state index in [2.05, 4.69) is 33.9 Å². The number of likely N-dealkylation sites (tertiary alicyclic amines) is 1. The Labute approximate surface area is 223 Å². The number of hydrogen-bond donors (Lipinski definition) is 0. The van der Waals surface area contributed by atoms with Gasteiger partial charge >= 0.3 is 18.0 Å². The van der Waals surface area contributed by atoms with Crippen molar-refractivity contribution >= 4 is 26.3 Å². The minimum atomic E-state index is -2.23. The molecule has 1 aromatic rings. The van der Waals surface area contributed by atoms with Crippen molar-refractivity contribution in [1.82, 2.24) is 4.90 Å². The molecule has 1 aromatic carbocycles.